The molecule has 0 rings (SSSR count). The van der Waals surface area contributed by atoms with Gasteiger partial charge in [0.2, 0.25) is 0 Å². The van der Waals surface area contributed by atoms with Gasteiger partial charge in [-0.3, -0.25) is 0 Å². The van der Waals surface area contributed by atoms with Crippen molar-refractivity contribution in [2.75, 3.05) is 13.6 Å². The smallest absolute Gasteiger partial charge is 0.0690 e. The summed E-state index contributed by atoms with van der Waals surface area (Å²) in [7, 11) is 1.56. The molecular weight excluding hydrogens is 166 g/mol. The van der Waals surface area contributed by atoms with Gasteiger partial charge in [-0.1, -0.05) is 39.0 Å². The van der Waals surface area contributed by atoms with Gasteiger partial charge in [0.25, 0.3) is 0 Å². The maximum Gasteiger partial charge on any atom is 0.0690 e. The average molecular weight is 189 g/mol. The largest absolute Gasteiger partial charge is 0.392 e. The van der Waals surface area contributed by atoms with Crippen molar-refractivity contribution in [2.45, 2.75) is 51.6 Å². The summed E-state index contributed by atoms with van der Waals surface area (Å²) in [6.45, 7) is 2.54. The lowest BCUT2D eigenvalue weighted by atomic mass is 10.1. The van der Waals surface area contributed by atoms with Crippen molar-refractivity contribution in [1.29, 1.82) is 0 Å². The highest BCUT2D eigenvalue weighted by Crippen LogP contribution is 2.07. The summed E-state index contributed by atoms with van der Waals surface area (Å²) >= 11 is 0. The van der Waals surface area contributed by atoms with E-state index in [2.05, 4.69) is 6.92 Å². The molecule has 0 aliphatic carbocycles. The van der Waals surface area contributed by atoms with E-state index in [1.165, 1.54) is 25.7 Å². The minimum atomic E-state index is -0.378. The number of hydrogen-bond donors (Lipinski definition) is 2. The quantitative estimate of drug-likeness (QED) is 0.453. The second kappa shape index (κ2) is 8.48. The van der Waals surface area contributed by atoms with Gasteiger partial charge < -0.3 is 10.3 Å². The third-order valence-corrected chi connectivity index (χ3v) is 2.12. The van der Waals surface area contributed by atoms with Gasteiger partial charge in [-0.15, -0.1) is 0 Å². The highest BCUT2D eigenvalue weighted by molar-refractivity contribution is 4.57. The fourth-order valence-electron chi connectivity index (χ4n) is 1.38. The van der Waals surface area contributed by atoms with E-state index in [9.17, 15) is 5.11 Å². The molecule has 0 aromatic heterocycles. The molecular formula is C10H23NO2. The van der Waals surface area contributed by atoms with Gasteiger partial charge >= 0.3 is 0 Å². The van der Waals surface area contributed by atoms with Crippen molar-refractivity contribution in [1.82, 2.24) is 5.06 Å². The molecule has 13 heavy (non-hydrogen) atoms. The van der Waals surface area contributed by atoms with Gasteiger partial charge in [0.05, 0.1) is 6.10 Å². The second-order valence-electron chi connectivity index (χ2n) is 3.70. The average Bonchev–Trinajstić information content (AvgIpc) is 2.02. The zero-order valence-corrected chi connectivity index (χ0v) is 8.87. The molecule has 0 aromatic carbocycles. The second-order valence-corrected chi connectivity index (χ2v) is 3.70. The number of aliphatic hydroxyl groups excluding tert-OH is 1. The first-order valence-electron chi connectivity index (χ1n) is 5.25. The zero-order chi connectivity index (χ0) is 10.1. The molecule has 0 saturated heterocycles. The Balaban J connectivity index is 3.12. The molecule has 1 atom stereocenters. The van der Waals surface area contributed by atoms with Gasteiger partial charge in [0.1, 0.15) is 0 Å². The number of aliphatic hydroxyl groups is 1. The van der Waals surface area contributed by atoms with Crippen LogP contribution in [0.3, 0.4) is 0 Å². The molecule has 0 fully saturated rings. The summed E-state index contributed by atoms with van der Waals surface area (Å²) in [5, 5.41) is 19.2. The maximum atomic E-state index is 9.37. The summed E-state index contributed by atoms with van der Waals surface area (Å²) in [5.74, 6) is 0. The van der Waals surface area contributed by atoms with Crippen LogP contribution in [0.5, 0.6) is 0 Å². The standard InChI is InChI=1S/C10H23NO2/c1-3-4-5-6-7-8-10(12)9-11(2)13/h10,12-13H,3-9H2,1-2H3. The van der Waals surface area contributed by atoms with Crippen LogP contribution in [-0.4, -0.2) is 35.1 Å². The Morgan fingerprint density at radius 2 is 1.77 bits per heavy atom. The molecule has 1 unspecified atom stereocenters. The van der Waals surface area contributed by atoms with Crippen LogP contribution in [0.25, 0.3) is 0 Å². The Morgan fingerprint density at radius 3 is 2.31 bits per heavy atom. The molecule has 0 amide bonds. The molecule has 0 aliphatic rings. The minimum Gasteiger partial charge on any atom is -0.392 e. The number of unbranched alkanes of at least 4 members (excludes halogenated alkanes) is 4. The van der Waals surface area contributed by atoms with Crippen molar-refractivity contribution >= 4 is 0 Å². The van der Waals surface area contributed by atoms with Crippen LogP contribution in [0.2, 0.25) is 0 Å². The van der Waals surface area contributed by atoms with Gasteiger partial charge in [-0.05, 0) is 6.42 Å². The number of nitrogens with zero attached hydrogens (tertiary/aromatic N) is 1. The van der Waals surface area contributed by atoms with Crippen LogP contribution in [0.15, 0.2) is 0 Å². The first kappa shape index (κ1) is 12.9. The Bertz CT molecular complexity index is 107. The molecule has 0 heterocycles. The van der Waals surface area contributed by atoms with Crippen LogP contribution in [-0.2, 0) is 0 Å². The molecule has 3 heteroatoms. The highest BCUT2D eigenvalue weighted by atomic mass is 16.5. The molecule has 0 saturated carbocycles. The fourth-order valence-corrected chi connectivity index (χ4v) is 1.38. The predicted octanol–water partition coefficient (Wildman–Crippen LogP) is 2.03. The van der Waals surface area contributed by atoms with E-state index >= 15 is 0 Å². The molecule has 0 aromatic rings. The van der Waals surface area contributed by atoms with E-state index in [1.54, 1.807) is 7.05 Å². The lowest BCUT2D eigenvalue weighted by Gasteiger charge is -2.13. The van der Waals surface area contributed by atoms with Crippen LogP contribution >= 0.6 is 0 Å². The topological polar surface area (TPSA) is 43.7 Å². The van der Waals surface area contributed by atoms with Crippen molar-refractivity contribution in [3.05, 3.63) is 0 Å². The molecule has 0 spiro atoms. The molecule has 0 aliphatic heterocycles. The lowest BCUT2D eigenvalue weighted by molar-refractivity contribution is -0.0909. The number of hydroxylamine groups is 2. The first-order chi connectivity index (χ1) is 6.16. The van der Waals surface area contributed by atoms with Crippen LogP contribution in [0, 0.1) is 0 Å². The molecule has 0 bridgehead atoms. The minimum absolute atomic E-state index is 0.355. The number of rotatable bonds is 8. The van der Waals surface area contributed by atoms with Crippen molar-refractivity contribution in [3.8, 4) is 0 Å². The predicted molar refractivity (Wildman–Crippen MR) is 53.8 cm³/mol. The zero-order valence-electron chi connectivity index (χ0n) is 8.87. The Labute approximate surface area is 81.3 Å². The summed E-state index contributed by atoms with van der Waals surface area (Å²) < 4.78 is 0. The summed E-state index contributed by atoms with van der Waals surface area (Å²) in [5.41, 5.74) is 0. The summed E-state index contributed by atoms with van der Waals surface area (Å²) in [6, 6.07) is 0. The monoisotopic (exact) mass is 189 g/mol. The molecule has 2 N–H and O–H groups in total. The molecule has 0 radical (unpaired) electrons. The Morgan fingerprint density at radius 1 is 1.15 bits per heavy atom. The van der Waals surface area contributed by atoms with Crippen molar-refractivity contribution in [3.63, 3.8) is 0 Å². The third-order valence-electron chi connectivity index (χ3n) is 2.12. The van der Waals surface area contributed by atoms with E-state index in [1.807, 2.05) is 0 Å². The van der Waals surface area contributed by atoms with Crippen LogP contribution < -0.4 is 0 Å². The van der Waals surface area contributed by atoms with Crippen LogP contribution in [0.1, 0.15) is 45.4 Å². The normalized spacial score (nSPS) is 13.6. The van der Waals surface area contributed by atoms with Crippen LogP contribution in [0.4, 0.5) is 0 Å². The van der Waals surface area contributed by atoms with Gasteiger partial charge in [0.15, 0.2) is 0 Å². The fraction of sp³-hybridized carbons (Fsp3) is 1.00. The van der Waals surface area contributed by atoms with Crippen molar-refractivity contribution in [2.24, 2.45) is 0 Å². The van der Waals surface area contributed by atoms with E-state index in [4.69, 9.17) is 5.21 Å². The van der Waals surface area contributed by atoms with E-state index in [0.717, 1.165) is 17.9 Å². The van der Waals surface area contributed by atoms with E-state index < -0.39 is 0 Å². The number of likely N-dealkylation sites (N-methyl/N-ethyl adjacent to an activating group) is 1. The number of hydrogen-bond acceptors (Lipinski definition) is 3. The Kier molecular flexibility index (Phi) is 8.40. The Hall–Kier alpha value is -0.120. The lowest BCUT2D eigenvalue weighted by Crippen LogP contribution is -2.26. The van der Waals surface area contributed by atoms with Gasteiger partial charge in [0, 0.05) is 13.6 Å². The SMILES string of the molecule is CCCCCCCC(O)CN(C)O. The summed E-state index contributed by atoms with van der Waals surface area (Å²) in [4.78, 5) is 0. The van der Waals surface area contributed by atoms with Crippen molar-refractivity contribution < 1.29 is 10.3 Å². The van der Waals surface area contributed by atoms with E-state index in [-0.39, 0.29) is 6.10 Å². The first-order valence-corrected chi connectivity index (χ1v) is 5.25. The molecule has 3 nitrogen and oxygen atoms in total. The summed E-state index contributed by atoms with van der Waals surface area (Å²) in [6.07, 6.45) is 6.48. The van der Waals surface area contributed by atoms with Gasteiger partial charge in [-0.2, -0.15) is 5.06 Å². The highest BCUT2D eigenvalue weighted by Gasteiger charge is 2.05. The molecule has 80 valence electrons. The van der Waals surface area contributed by atoms with Gasteiger partial charge in [-0.25, -0.2) is 0 Å². The maximum absolute atomic E-state index is 9.37. The van der Waals surface area contributed by atoms with E-state index in [0.29, 0.717) is 6.54 Å². The third kappa shape index (κ3) is 9.80.